The van der Waals surface area contributed by atoms with Crippen LogP contribution < -0.4 is 10.1 Å². The first kappa shape index (κ1) is 19.0. The number of nitrogens with one attached hydrogen (secondary N) is 1. The van der Waals surface area contributed by atoms with Gasteiger partial charge in [-0.25, -0.2) is 9.97 Å². The third kappa shape index (κ3) is 6.40. The maximum Gasteiger partial charge on any atom is 0.187 e. The molecule has 0 unspecified atom stereocenters. The highest BCUT2D eigenvalue weighted by atomic mass is 35.5. The van der Waals surface area contributed by atoms with Crippen LogP contribution in [0.1, 0.15) is 12.0 Å². The molecule has 0 amide bonds. The van der Waals surface area contributed by atoms with E-state index in [1.165, 1.54) is 0 Å². The molecule has 4 nitrogen and oxygen atoms in total. The highest BCUT2D eigenvalue weighted by molar-refractivity contribution is 7.99. The molecule has 2 aromatic rings. The Bertz CT molecular complexity index is 558. The van der Waals surface area contributed by atoms with Crippen LogP contribution in [0.15, 0.2) is 41.8 Å². The Kier molecular flexibility index (Phi) is 9.24. The van der Waals surface area contributed by atoms with Gasteiger partial charge in [0.25, 0.3) is 0 Å². The van der Waals surface area contributed by atoms with Gasteiger partial charge in [-0.2, -0.15) is 0 Å². The van der Waals surface area contributed by atoms with Gasteiger partial charge in [-0.05, 0) is 37.2 Å². The number of aromatic nitrogens is 2. The van der Waals surface area contributed by atoms with Crippen LogP contribution in [0.4, 0.5) is 0 Å². The molecular weight excluding hydrogens is 341 g/mol. The number of benzene rings is 1. The van der Waals surface area contributed by atoms with Crippen molar-refractivity contribution in [1.82, 2.24) is 15.3 Å². The van der Waals surface area contributed by atoms with Crippen LogP contribution in [0.5, 0.6) is 5.75 Å². The van der Waals surface area contributed by atoms with E-state index < -0.39 is 0 Å². The minimum atomic E-state index is 0. The van der Waals surface area contributed by atoms with Crippen LogP contribution in [0.3, 0.4) is 0 Å². The van der Waals surface area contributed by atoms with Crippen molar-refractivity contribution in [3.8, 4) is 5.75 Å². The number of thioether (sulfide) groups is 1. The number of ether oxygens (including phenoxy) is 1. The first-order chi connectivity index (χ1) is 10.3. The standard InChI is InChI=1S/C15H18ClN3OS.ClH/c1-20-14-5-4-13(16)10-12(14)11-17-6-3-9-21-15-18-7-2-8-19-15;/h2,4-5,7-8,10,17H,3,6,9,11H2,1H3;1H. The van der Waals surface area contributed by atoms with Gasteiger partial charge in [-0.15, -0.1) is 12.4 Å². The lowest BCUT2D eigenvalue weighted by atomic mass is 10.2. The Morgan fingerprint density at radius 3 is 2.77 bits per heavy atom. The van der Waals surface area contributed by atoms with Crippen LogP contribution in [0.2, 0.25) is 5.02 Å². The fourth-order valence-corrected chi connectivity index (χ4v) is 2.77. The van der Waals surface area contributed by atoms with E-state index in [9.17, 15) is 0 Å². The molecule has 0 aliphatic carbocycles. The van der Waals surface area contributed by atoms with E-state index in [4.69, 9.17) is 16.3 Å². The van der Waals surface area contributed by atoms with E-state index in [1.54, 1.807) is 31.3 Å². The fourth-order valence-electron chi connectivity index (χ4n) is 1.83. The van der Waals surface area contributed by atoms with Crippen molar-refractivity contribution in [2.45, 2.75) is 18.1 Å². The zero-order valence-corrected chi connectivity index (χ0v) is 14.7. The van der Waals surface area contributed by atoms with Gasteiger partial charge in [-0.1, -0.05) is 23.4 Å². The van der Waals surface area contributed by atoms with Crippen molar-refractivity contribution >= 4 is 35.8 Å². The molecule has 1 aromatic carbocycles. The molecule has 7 heteroatoms. The molecule has 0 aliphatic heterocycles. The van der Waals surface area contributed by atoms with Crippen molar-refractivity contribution in [2.24, 2.45) is 0 Å². The average Bonchev–Trinajstić information content (AvgIpc) is 2.52. The lowest BCUT2D eigenvalue weighted by molar-refractivity contribution is 0.408. The molecule has 120 valence electrons. The van der Waals surface area contributed by atoms with Gasteiger partial charge in [0.1, 0.15) is 5.75 Å². The average molecular weight is 360 g/mol. The van der Waals surface area contributed by atoms with E-state index in [0.717, 1.165) is 46.8 Å². The first-order valence-corrected chi connectivity index (χ1v) is 8.09. The first-order valence-electron chi connectivity index (χ1n) is 6.72. The molecule has 1 aromatic heterocycles. The van der Waals surface area contributed by atoms with Crippen LogP contribution in [-0.4, -0.2) is 29.4 Å². The molecule has 0 saturated heterocycles. The van der Waals surface area contributed by atoms with Crippen molar-refractivity contribution in [2.75, 3.05) is 19.4 Å². The number of hydrogen-bond donors (Lipinski definition) is 1. The zero-order chi connectivity index (χ0) is 14.9. The van der Waals surface area contributed by atoms with E-state index in [2.05, 4.69) is 15.3 Å². The minimum Gasteiger partial charge on any atom is -0.496 e. The largest absolute Gasteiger partial charge is 0.496 e. The lowest BCUT2D eigenvalue weighted by Crippen LogP contribution is -2.15. The maximum absolute atomic E-state index is 6.00. The van der Waals surface area contributed by atoms with Gasteiger partial charge < -0.3 is 10.1 Å². The van der Waals surface area contributed by atoms with Crippen LogP contribution >= 0.6 is 35.8 Å². The normalized spacial score (nSPS) is 10.1. The Hall–Kier alpha value is -1.01. The number of methoxy groups -OCH3 is 1. The number of halogens is 2. The third-order valence-corrected chi connectivity index (χ3v) is 4.03. The number of rotatable bonds is 8. The van der Waals surface area contributed by atoms with Crippen molar-refractivity contribution < 1.29 is 4.74 Å². The topological polar surface area (TPSA) is 47.0 Å². The van der Waals surface area contributed by atoms with Crippen LogP contribution in [-0.2, 0) is 6.54 Å². The van der Waals surface area contributed by atoms with Gasteiger partial charge in [0.2, 0.25) is 0 Å². The molecule has 0 saturated carbocycles. The van der Waals surface area contributed by atoms with Crippen LogP contribution in [0, 0.1) is 0 Å². The monoisotopic (exact) mass is 359 g/mol. The Morgan fingerprint density at radius 2 is 2.05 bits per heavy atom. The van der Waals surface area contributed by atoms with Crippen molar-refractivity contribution in [3.05, 3.63) is 47.2 Å². The van der Waals surface area contributed by atoms with E-state index in [-0.39, 0.29) is 12.4 Å². The Morgan fingerprint density at radius 1 is 1.27 bits per heavy atom. The summed E-state index contributed by atoms with van der Waals surface area (Å²) in [7, 11) is 1.67. The number of hydrogen-bond acceptors (Lipinski definition) is 5. The zero-order valence-electron chi connectivity index (χ0n) is 12.3. The summed E-state index contributed by atoms with van der Waals surface area (Å²) in [6, 6.07) is 7.48. The highest BCUT2D eigenvalue weighted by Crippen LogP contribution is 2.22. The van der Waals surface area contributed by atoms with Gasteiger partial charge in [-0.3, -0.25) is 0 Å². The summed E-state index contributed by atoms with van der Waals surface area (Å²) in [4.78, 5) is 8.35. The van der Waals surface area contributed by atoms with Gasteiger partial charge in [0, 0.05) is 35.3 Å². The van der Waals surface area contributed by atoms with E-state index >= 15 is 0 Å². The highest BCUT2D eigenvalue weighted by Gasteiger charge is 2.03. The van der Waals surface area contributed by atoms with Crippen LogP contribution in [0.25, 0.3) is 0 Å². The molecule has 0 bridgehead atoms. The summed E-state index contributed by atoms with van der Waals surface area (Å²) in [5, 5.41) is 4.95. The van der Waals surface area contributed by atoms with Gasteiger partial charge in [0.15, 0.2) is 5.16 Å². The quantitative estimate of drug-likeness (QED) is 0.440. The maximum atomic E-state index is 6.00. The van der Waals surface area contributed by atoms with Crippen molar-refractivity contribution in [1.29, 1.82) is 0 Å². The van der Waals surface area contributed by atoms with E-state index in [1.807, 2.05) is 24.3 Å². The van der Waals surface area contributed by atoms with Gasteiger partial charge >= 0.3 is 0 Å². The molecule has 0 atom stereocenters. The van der Waals surface area contributed by atoms with Gasteiger partial charge in [0.05, 0.1) is 7.11 Å². The minimum absolute atomic E-state index is 0. The molecule has 0 aliphatic rings. The van der Waals surface area contributed by atoms with Crippen molar-refractivity contribution in [3.63, 3.8) is 0 Å². The Labute approximate surface area is 146 Å². The lowest BCUT2D eigenvalue weighted by Gasteiger charge is -2.10. The number of nitrogens with zero attached hydrogens (tertiary/aromatic N) is 2. The summed E-state index contributed by atoms with van der Waals surface area (Å²) in [6.07, 6.45) is 4.57. The SMILES string of the molecule is COc1ccc(Cl)cc1CNCCCSc1ncccn1.Cl. The van der Waals surface area contributed by atoms with E-state index in [0.29, 0.717) is 0 Å². The third-order valence-electron chi connectivity index (χ3n) is 2.83. The summed E-state index contributed by atoms with van der Waals surface area (Å²) < 4.78 is 5.32. The summed E-state index contributed by atoms with van der Waals surface area (Å²) in [6.45, 7) is 1.67. The molecule has 0 spiro atoms. The molecule has 0 fully saturated rings. The molecule has 2 rings (SSSR count). The fraction of sp³-hybridized carbons (Fsp3) is 0.333. The summed E-state index contributed by atoms with van der Waals surface area (Å²) >= 11 is 7.67. The molecule has 1 heterocycles. The second-order valence-electron chi connectivity index (χ2n) is 4.37. The predicted molar refractivity (Wildman–Crippen MR) is 94.3 cm³/mol. The summed E-state index contributed by atoms with van der Waals surface area (Å²) in [5.74, 6) is 1.85. The molecule has 22 heavy (non-hydrogen) atoms. The predicted octanol–water partition coefficient (Wildman–Crippen LogP) is 3.83. The Balaban J connectivity index is 0.00000242. The molecule has 0 radical (unpaired) electrons. The smallest absolute Gasteiger partial charge is 0.187 e. The second kappa shape index (κ2) is 10.7. The molecular formula is C15H19Cl2N3OS. The molecule has 1 N–H and O–H groups in total. The second-order valence-corrected chi connectivity index (χ2v) is 5.86. The summed E-state index contributed by atoms with van der Waals surface area (Å²) in [5.41, 5.74) is 1.07.